The third kappa shape index (κ3) is 4.51. The van der Waals surface area contributed by atoms with Crippen LogP contribution >= 0.6 is 0 Å². The van der Waals surface area contributed by atoms with Gasteiger partial charge in [-0.2, -0.15) is 5.10 Å². The van der Waals surface area contributed by atoms with E-state index in [1.807, 2.05) is 75.6 Å². The van der Waals surface area contributed by atoms with Crippen LogP contribution in [0.25, 0.3) is 0 Å². The zero-order chi connectivity index (χ0) is 18.5. The Balaban J connectivity index is 1.62. The lowest BCUT2D eigenvalue weighted by molar-refractivity contribution is -0.115. The summed E-state index contributed by atoms with van der Waals surface area (Å²) in [6.45, 7) is 3.98. The molecule has 5 heteroatoms. The summed E-state index contributed by atoms with van der Waals surface area (Å²) in [6, 6.07) is 15.8. The normalized spacial score (nSPS) is 11.8. The van der Waals surface area contributed by atoms with Gasteiger partial charge in [-0.05, 0) is 48.7 Å². The molecule has 1 unspecified atom stereocenters. The van der Waals surface area contributed by atoms with Crippen LogP contribution in [0, 0.1) is 6.92 Å². The average molecular weight is 349 g/mol. The van der Waals surface area contributed by atoms with Crippen molar-refractivity contribution >= 4 is 11.6 Å². The molecule has 0 radical (unpaired) electrons. The Bertz CT molecular complexity index is 887. The Morgan fingerprint density at radius 3 is 2.65 bits per heavy atom. The van der Waals surface area contributed by atoms with Crippen molar-refractivity contribution in [3.63, 3.8) is 0 Å². The largest absolute Gasteiger partial charge is 0.486 e. The van der Waals surface area contributed by atoms with Crippen LogP contribution in [0.3, 0.4) is 0 Å². The van der Waals surface area contributed by atoms with Crippen LogP contribution in [0.2, 0.25) is 0 Å². The minimum Gasteiger partial charge on any atom is -0.486 e. The molecule has 1 heterocycles. The fourth-order valence-electron chi connectivity index (χ4n) is 2.79. The SMILES string of the molecule is Cc1cc(OC(C)c2ccccc2)ccc1NC(=O)Cc1cnn(C)c1. The van der Waals surface area contributed by atoms with E-state index in [1.54, 1.807) is 10.9 Å². The smallest absolute Gasteiger partial charge is 0.228 e. The molecule has 0 spiro atoms. The summed E-state index contributed by atoms with van der Waals surface area (Å²) in [4.78, 5) is 12.2. The molecule has 0 aliphatic rings. The lowest BCUT2D eigenvalue weighted by atomic mass is 10.1. The Labute approximate surface area is 153 Å². The van der Waals surface area contributed by atoms with Gasteiger partial charge in [-0.3, -0.25) is 9.48 Å². The van der Waals surface area contributed by atoms with Crippen molar-refractivity contribution < 1.29 is 9.53 Å². The van der Waals surface area contributed by atoms with Gasteiger partial charge in [0.15, 0.2) is 0 Å². The molecule has 0 fully saturated rings. The molecule has 1 amide bonds. The molecule has 0 saturated carbocycles. The molecular weight excluding hydrogens is 326 g/mol. The summed E-state index contributed by atoms with van der Waals surface area (Å²) in [5, 5.41) is 7.03. The summed E-state index contributed by atoms with van der Waals surface area (Å²) in [6.07, 6.45) is 3.81. The predicted octanol–water partition coefficient (Wildman–Crippen LogP) is 4.05. The highest BCUT2D eigenvalue weighted by Crippen LogP contribution is 2.26. The van der Waals surface area contributed by atoms with Gasteiger partial charge in [0, 0.05) is 18.9 Å². The fourth-order valence-corrected chi connectivity index (χ4v) is 2.79. The van der Waals surface area contributed by atoms with Crippen molar-refractivity contribution in [2.75, 3.05) is 5.32 Å². The molecule has 0 aliphatic carbocycles. The number of aryl methyl sites for hydroxylation is 2. The maximum Gasteiger partial charge on any atom is 0.228 e. The minimum atomic E-state index is -0.0626. The van der Waals surface area contributed by atoms with E-state index in [-0.39, 0.29) is 12.0 Å². The number of benzene rings is 2. The number of nitrogens with one attached hydrogen (secondary N) is 1. The van der Waals surface area contributed by atoms with Crippen LogP contribution in [0.1, 0.15) is 29.7 Å². The number of amides is 1. The second-order valence-electron chi connectivity index (χ2n) is 6.39. The molecule has 1 atom stereocenters. The van der Waals surface area contributed by atoms with E-state index in [2.05, 4.69) is 10.4 Å². The molecule has 26 heavy (non-hydrogen) atoms. The molecule has 5 nitrogen and oxygen atoms in total. The maximum atomic E-state index is 12.2. The number of ether oxygens (including phenoxy) is 1. The topological polar surface area (TPSA) is 56.1 Å². The van der Waals surface area contributed by atoms with E-state index in [9.17, 15) is 4.79 Å². The van der Waals surface area contributed by atoms with Gasteiger partial charge in [-0.25, -0.2) is 0 Å². The lowest BCUT2D eigenvalue weighted by Gasteiger charge is -2.16. The highest BCUT2D eigenvalue weighted by Gasteiger charge is 2.10. The summed E-state index contributed by atoms with van der Waals surface area (Å²) >= 11 is 0. The molecule has 3 rings (SSSR count). The van der Waals surface area contributed by atoms with Crippen LogP contribution in [0.15, 0.2) is 60.9 Å². The monoisotopic (exact) mass is 349 g/mol. The molecule has 0 saturated heterocycles. The molecule has 134 valence electrons. The second kappa shape index (κ2) is 7.87. The van der Waals surface area contributed by atoms with Gasteiger partial charge < -0.3 is 10.1 Å². The Morgan fingerprint density at radius 1 is 1.23 bits per heavy atom. The third-order valence-electron chi connectivity index (χ3n) is 4.18. The highest BCUT2D eigenvalue weighted by molar-refractivity contribution is 5.93. The van der Waals surface area contributed by atoms with Crippen LogP contribution in [0.4, 0.5) is 5.69 Å². The third-order valence-corrected chi connectivity index (χ3v) is 4.18. The van der Waals surface area contributed by atoms with Crippen LogP contribution in [-0.2, 0) is 18.3 Å². The zero-order valence-electron chi connectivity index (χ0n) is 15.3. The Morgan fingerprint density at radius 2 is 2.00 bits per heavy atom. The van der Waals surface area contributed by atoms with Gasteiger partial charge >= 0.3 is 0 Å². The number of anilines is 1. The number of rotatable bonds is 6. The number of hydrogen-bond acceptors (Lipinski definition) is 3. The Kier molecular flexibility index (Phi) is 5.37. The molecule has 0 aliphatic heterocycles. The first-order chi connectivity index (χ1) is 12.5. The van der Waals surface area contributed by atoms with E-state index >= 15 is 0 Å². The standard InChI is InChI=1S/C21H23N3O2/c1-15-11-19(26-16(2)18-7-5-4-6-8-18)9-10-20(15)23-21(25)12-17-13-22-24(3)14-17/h4-11,13-14,16H,12H2,1-3H3,(H,23,25). The number of carbonyl (C=O) groups is 1. The number of carbonyl (C=O) groups excluding carboxylic acids is 1. The van der Waals surface area contributed by atoms with E-state index < -0.39 is 0 Å². The van der Waals surface area contributed by atoms with E-state index in [4.69, 9.17) is 4.74 Å². The average Bonchev–Trinajstić information content (AvgIpc) is 3.02. The maximum absolute atomic E-state index is 12.2. The number of aromatic nitrogens is 2. The molecule has 0 bridgehead atoms. The second-order valence-corrected chi connectivity index (χ2v) is 6.39. The molecule has 2 aromatic carbocycles. The van der Waals surface area contributed by atoms with E-state index in [1.165, 1.54) is 0 Å². The van der Waals surface area contributed by atoms with Gasteiger partial charge in [-0.15, -0.1) is 0 Å². The van der Waals surface area contributed by atoms with Gasteiger partial charge in [0.1, 0.15) is 11.9 Å². The molecule has 3 aromatic rings. The van der Waals surface area contributed by atoms with Gasteiger partial charge in [0.25, 0.3) is 0 Å². The lowest BCUT2D eigenvalue weighted by Crippen LogP contribution is -2.15. The van der Waals surface area contributed by atoms with E-state index in [0.717, 1.165) is 28.1 Å². The van der Waals surface area contributed by atoms with Gasteiger partial charge in [0.2, 0.25) is 5.91 Å². The van der Waals surface area contributed by atoms with Crippen LogP contribution in [0.5, 0.6) is 5.75 Å². The van der Waals surface area contributed by atoms with E-state index in [0.29, 0.717) is 6.42 Å². The van der Waals surface area contributed by atoms with Crippen molar-refractivity contribution in [1.82, 2.24) is 9.78 Å². The summed E-state index contributed by atoms with van der Waals surface area (Å²) in [7, 11) is 1.83. The van der Waals surface area contributed by atoms with Crippen molar-refractivity contribution in [2.45, 2.75) is 26.4 Å². The predicted molar refractivity (Wildman–Crippen MR) is 102 cm³/mol. The first kappa shape index (κ1) is 17.7. The first-order valence-electron chi connectivity index (χ1n) is 8.61. The first-order valence-corrected chi connectivity index (χ1v) is 8.61. The molecule has 1 N–H and O–H groups in total. The molecule has 1 aromatic heterocycles. The minimum absolute atomic E-state index is 0.0402. The number of nitrogens with zero attached hydrogens (tertiary/aromatic N) is 2. The van der Waals surface area contributed by atoms with Gasteiger partial charge in [-0.1, -0.05) is 30.3 Å². The quantitative estimate of drug-likeness (QED) is 0.730. The summed E-state index contributed by atoms with van der Waals surface area (Å²) in [5.74, 6) is 0.719. The van der Waals surface area contributed by atoms with Gasteiger partial charge in [0.05, 0.1) is 12.6 Å². The zero-order valence-corrected chi connectivity index (χ0v) is 15.3. The van der Waals surface area contributed by atoms with Crippen molar-refractivity contribution in [2.24, 2.45) is 7.05 Å². The fraction of sp³-hybridized carbons (Fsp3) is 0.238. The summed E-state index contributed by atoms with van der Waals surface area (Å²) < 4.78 is 7.70. The Hall–Kier alpha value is -3.08. The van der Waals surface area contributed by atoms with Crippen molar-refractivity contribution in [1.29, 1.82) is 0 Å². The molecular formula is C21H23N3O2. The highest BCUT2D eigenvalue weighted by atomic mass is 16.5. The van der Waals surface area contributed by atoms with Crippen LogP contribution < -0.4 is 10.1 Å². The number of hydrogen-bond donors (Lipinski definition) is 1. The summed E-state index contributed by atoms with van der Waals surface area (Å²) in [5.41, 5.74) is 3.76. The van der Waals surface area contributed by atoms with Crippen LogP contribution in [-0.4, -0.2) is 15.7 Å². The van der Waals surface area contributed by atoms with Crippen molar-refractivity contribution in [3.8, 4) is 5.75 Å². The van der Waals surface area contributed by atoms with Crippen molar-refractivity contribution in [3.05, 3.63) is 77.6 Å².